The van der Waals surface area contributed by atoms with Gasteiger partial charge >= 0.3 is 0 Å². The number of hydrogen-bond acceptors (Lipinski definition) is 8. The van der Waals surface area contributed by atoms with Crippen LogP contribution < -0.4 is 14.2 Å². The van der Waals surface area contributed by atoms with Crippen molar-refractivity contribution < 1.29 is 20.4 Å². The number of nitriles is 1. The molecule has 0 atom stereocenters. The normalized spacial score (nSPS) is 10.2. The minimum atomic E-state index is 0. The highest BCUT2D eigenvalue weighted by Crippen LogP contribution is 2.29. The highest BCUT2D eigenvalue weighted by molar-refractivity contribution is 7.97. The molecule has 0 aliphatic carbocycles. The molecule has 0 saturated heterocycles. The van der Waals surface area contributed by atoms with Gasteiger partial charge in [-0.05, 0) is 81.0 Å². The predicted octanol–water partition coefficient (Wildman–Crippen LogP) is 2.52. The molecule has 10 heteroatoms. The standard InChI is InChI=1S/C25H29N5O2S.2H2O/c1-30(2)13-5-11-28-33-24-9-6-18(14-23(24)32-4)15-25-27-12-10-21(29-25)19-7-8-22(31-3)20(16-19)17-26;;/h6-10,12,14,16,28H,5,11,13,15H2,1-4H3;2*1H2. The number of benzene rings is 2. The van der Waals surface area contributed by atoms with Gasteiger partial charge in [0.2, 0.25) is 0 Å². The third-order valence-corrected chi connectivity index (χ3v) is 5.88. The van der Waals surface area contributed by atoms with Crippen LogP contribution in [0.5, 0.6) is 11.5 Å². The molecule has 1 aromatic heterocycles. The maximum atomic E-state index is 9.36. The average molecular weight is 500 g/mol. The van der Waals surface area contributed by atoms with Crippen LogP contribution in [-0.4, -0.2) is 67.2 Å². The van der Waals surface area contributed by atoms with Gasteiger partial charge in [-0.2, -0.15) is 5.26 Å². The third-order valence-electron chi connectivity index (χ3n) is 4.98. The number of methoxy groups -OCH3 is 2. The van der Waals surface area contributed by atoms with E-state index in [1.165, 1.54) is 0 Å². The first-order valence-corrected chi connectivity index (χ1v) is 11.5. The van der Waals surface area contributed by atoms with E-state index >= 15 is 0 Å². The molecule has 3 aromatic rings. The predicted molar refractivity (Wildman–Crippen MR) is 139 cm³/mol. The van der Waals surface area contributed by atoms with Crippen LogP contribution in [0.15, 0.2) is 53.6 Å². The second-order valence-corrected chi connectivity index (χ2v) is 8.63. The lowest BCUT2D eigenvalue weighted by molar-refractivity contribution is 0.400. The van der Waals surface area contributed by atoms with Gasteiger partial charge in [0.05, 0.1) is 30.4 Å². The van der Waals surface area contributed by atoms with E-state index in [9.17, 15) is 5.26 Å². The van der Waals surface area contributed by atoms with Crippen LogP contribution in [-0.2, 0) is 6.42 Å². The van der Waals surface area contributed by atoms with Crippen LogP contribution in [0.2, 0.25) is 0 Å². The van der Waals surface area contributed by atoms with Crippen LogP contribution in [0.4, 0.5) is 0 Å². The highest BCUT2D eigenvalue weighted by Gasteiger charge is 2.10. The van der Waals surface area contributed by atoms with Crippen molar-refractivity contribution in [2.45, 2.75) is 17.7 Å². The number of hydrogen-bond donors (Lipinski definition) is 1. The summed E-state index contributed by atoms with van der Waals surface area (Å²) in [6.07, 6.45) is 3.40. The lowest BCUT2D eigenvalue weighted by Crippen LogP contribution is -2.17. The zero-order chi connectivity index (χ0) is 23.6. The third kappa shape index (κ3) is 8.51. The Hall–Kier alpha value is -3.20. The molecular formula is C25H33N5O4S. The van der Waals surface area contributed by atoms with Crippen molar-refractivity contribution in [1.29, 1.82) is 5.26 Å². The zero-order valence-corrected chi connectivity index (χ0v) is 21.3. The molecule has 0 spiro atoms. The topological polar surface area (TPSA) is 146 Å². The van der Waals surface area contributed by atoms with E-state index in [1.807, 2.05) is 18.2 Å². The Morgan fingerprint density at radius 2 is 1.80 bits per heavy atom. The fourth-order valence-electron chi connectivity index (χ4n) is 3.28. The molecule has 0 aliphatic heterocycles. The summed E-state index contributed by atoms with van der Waals surface area (Å²) in [6.45, 7) is 1.98. The van der Waals surface area contributed by atoms with E-state index in [2.05, 4.69) is 46.9 Å². The van der Waals surface area contributed by atoms with Crippen molar-refractivity contribution >= 4 is 11.9 Å². The summed E-state index contributed by atoms with van der Waals surface area (Å²) in [5.41, 5.74) is 3.15. The van der Waals surface area contributed by atoms with E-state index in [0.717, 1.165) is 47.0 Å². The number of rotatable bonds is 11. The van der Waals surface area contributed by atoms with Gasteiger partial charge in [0.15, 0.2) is 0 Å². The summed E-state index contributed by atoms with van der Waals surface area (Å²) >= 11 is 1.58. The Morgan fingerprint density at radius 3 is 2.49 bits per heavy atom. The van der Waals surface area contributed by atoms with Crippen molar-refractivity contribution in [1.82, 2.24) is 19.6 Å². The molecule has 1 heterocycles. The number of nitrogens with one attached hydrogen (secondary N) is 1. The maximum absolute atomic E-state index is 9.36. The zero-order valence-electron chi connectivity index (χ0n) is 20.5. The van der Waals surface area contributed by atoms with Crippen molar-refractivity contribution in [3.63, 3.8) is 0 Å². The van der Waals surface area contributed by atoms with E-state index in [1.54, 1.807) is 44.5 Å². The average Bonchev–Trinajstić information content (AvgIpc) is 2.84. The summed E-state index contributed by atoms with van der Waals surface area (Å²) in [5, 5.41) is 9.36. The lowest BCUT2D eigenvalue weighted by atomic mass is 10.1. The highest BCUT2D eigenvalue weighted by atomic mass is 32.2. The van der Waals surface area contributed by atoms with Crippen LogP contribution in [0.25, 0.3) is 11.3 Å². The van der Waals surface area contributed by atoms with E-state index in [0.29, 0.717) is 23.6 Å². The molecule has 0 bridgehead atoms. The lowest BCUT2D eigenvalue weighted by Gasteiger charge is -2.12. The quantitative estimate of drug-likeness (QED) is 0.313. The molecule has 0 radical (unpaired) electrons. The monoisotopic (exact) mass is 499 g/mol. The number of ether oxygens (including phenoxy) is 2. The van der Waals surface area contributed by atoms with Crippen LogP contribution in [0, 0.1) is 11.3 Å². The van der Waals surface area contributed by atoms with Crippen molar-refractivity contribution in [3.05, 3.63) is 65.6 Å². The summed E-state index contributed by atoms with van der Waals surface area (Å²) in [5.74, 6) is 2.07. The molecule has 0 fully saturated rings. The SMILES string of the molecule is COc1ccc(-c2ccnc(Cc3ccc(SNCCCN(C)C)c(OC)c3)n2)cc1C#N.O.O. The fraction of sp³-hybridized carbons (Fsp3) is 0.320. The van der Waals surface area contributed by atoms with Crippen LogP contribution in [0.1, 0.15) is 23.4 Å². The molecule has 2 aromatic carbocycles. The Balaban J connectivity index is 0.00000306. The molecule has 0 amide bonds. The second kappa shape index (κ2) is 14.9. The Morgan fingerprint density at radius 1 is 1.03 bits per heavy atom. The minimum Gasteiger partial charge on any atom is -0.496 e. The van der Waals surface area contributed by atoms with E-state index in [4.69, 9.17) is 14.5 Å². The molecule has 188 valence electrons. The molecule has 5 N–H and O–H groups in total. The molecular weight excluding hydrogens is 466 g/mol. The smallest absolute Gasteiger partial charge is 0.136 e. The van der Waals surface area contributed by atoms with E-state index in [-0.39, 0.29) is 11.0 Å². The first-order valence-electron chi connectivity index (χ1n) is 10.7. The fourth-order valence-corrected chi connectivity index (χ4v) is 4.07. The largest absolute Gasteiger partial charge is 0.496 e. The first-order chi connectivity index (χ1) is 16.0. The summed E-state index contributed by atoms with van der Waals surface area (Å²) in [6, 6.07) is 15.6. The van der Waals surface area contributed by atoms with Gasteiger partial charge in [-0.15, -0.1) is 0 Å². The first kappa shape index (κ1) is 29.8. The molecule has 9 nitrogen and oxygen atoms in total. The van der Waals surface area contributed by atoms with Crippen molar-refractivity contribution in [2.24, 2.45) is 0 Å². The molecule has 0 aliphatic rings. The maximum Gasteiger partial charge on any atom is 0.136 e. The Kier molecular flexibility index (Phi) is 12.7. The van der Waals surface area contributed by atoms with Crippen molar-refractivity contribution in [3.8, 4) is 28.8 Å². The summed E-state index contributed by atoms with van der Waals surface area (Å²) in [4.78, 5) is 12.4. The van der Waals surface area contributed by atoms with Gasteiger partial charge in [-0.25, -0.2) is 9.97 Å². The van der Waals surface area contributed by atoms with Gasteiger partial charge in [0.1, 0.15) is 23.4 Å². The van der Waals surface area contributed by atoms with Crippen molar-refractivity contribution in [2.75, 3.05) is 41.4 Å². The summed E-state index contributed by atoms with van der Waals surface area (Å²) in [7, 11) is 7.39. The van der Waals surface area contributed by atoms with Gasteiger partial charge < -0.3 is 25.3 Å². The van der Waals surface area contributed by atoms with Gasteiger partial charge in [-0.3, -0.25) is 4.72 Å². The van der Waals surface area contributed by atoms with Crippen LogP contribution in [0.3, 0.4) is 0 Å². The summed E-state index contributed by atoms with van der Waals surface area (Å²) < 4.78 is 14.2. The molecule has 0 saturated carbocycles. The molecule has 0 unspecified atom stereocenters. The van der Waals surface area contributed by atoms with Gasteiger partial charge in [-0.1, -0.05) is 6.07 Å². The van der Waals surface area contributed by atoms with Gasteiger partial charge in [0, 0.05) is 24.7 Å². The molecule has 3 rings (SSSR count). The second-order valence-electron chi connectivity index (χ2n) is 7.70. The van der Waals surface area contributed by atoms with Gasteiger partial charge in [0.25, 0.3) is 0 Å². The van der Waals surface area contributed by atoms with Crippen LogP contribution >= 0.6 is 11.9 Å². The Bertz CT molecular complexity index is 1120. The number of nitrogens with zero attached hydrogens (tertiary/aromatic N) is 4. The van der Waals surface area contributed by atoms with E-state index < -0.39 is 0 Å². The number of aromatic nitrogens is 2. The minimum absolute atomic E-state index is 0. The molecule has 35 heavy (non-hydrogen) atoms. The Labute approximate surface area is 210 Å².